The Morgan fingerprint density at radius 3 is 3.18 bits per heavy atom. The molecule has 1 fully saturated rings. The van der Waals surface area contributed by atoms with E-state index in [0.29, 0.717) is 11.6 Å². The Labute approximate surface area is 100 Å². The lowest BCUT2D eigenvalue weighted by Crippen LogP contribution is -2.25. The average molecular weight is 238 g/mol. The number of hydrogen-bond donors (Lipinski definition) is 1. The van der Waals surface area contributed by atoms with E-state index in [1.807, 2.05) is 4.68 Å². The second kappa shape index (κ2) is 5.29. The largest absolute Gasteiger partial charge is 0.383 e. The van der Waals surface area contributed by atoms with E-state index in [2.05, 4.69) is 10.00 Å². The van der Waals surface area contributed by atoms with Crippen LogP contribution in [0.25, 0.3) is 0 Å². The molecule has 2 N–H and O–H groups in total. The van der Waals surface area contributed by atoms with Crippen LogP contribution in [0, 0.1) is 0 Å². The van der Waals surface area contributed by atoms with Gasteiger partial charge < -0.3 is 10.5 Å². The average Bonchev–Trinajstić information content (AvgIpc) is 2.94. The molecule has 1 aliphatic rings. The van der Waals surface area contributed by atoms with Gasteiger partial charge >= 0.3 is 0 Å². The van der Waals surface area contributed by atoms with Crippen molar-refractivity contribution in [3.8, 4) is 0 Å². The fourth-order valence-electron chi connectivity index (χ4n) is 2.12. The van der Waals surface area contributed by atoms with Crippen LogP contribution in [-0.4, -0.2) is 53.9 Å². The second-order valence-corrected chi connectivity index (χ2v) is 4.31. The van der Waals surface area contributed by atoms with Gasteiger partial charge in [0.15, 0.2) is 0 Å². The van der Waals surface area contributed by atoms with Crippen molar-refractivity contribution in [2.45, 2.75) is 12.5 Å². The van der Waals surface area contributed by atoms with Crippen LogP contribution in [0.5, 0.6) is 0 Å². The van der Waals surface area contributed by atoms with E-state index in [1.165, 1.54) is 6.20 Å². The van der Waals surface area contributed by atoms with E-state index in [0.717, 1.165) is 32.7 Å². The maximum Gasteiger partial charge on any atom is 0.251 e. The van der Waals surface area contributed by atoms with Gasteiger partial charge in [-0.3, -0.25) is 14.4 Å². The first-order chi connectivity index (χ1) is 8.20. The first kappa shape index (κ1) is 12.1. The highest BCUT2D eigenvalue weighted by atomic mass is 16.5. The smallest absolute Gasteiger partial charge is 0.251 e. The van der Waals surface area contributed by atoms with Gasteiger partial charge in [-0.1, -0.05) is 0 Å². The maximum atomic E-state index is 11.0. The minimum atomic E-state index is -0.425. The molecule has 0 aliphatic carbocycles. The predicted molar refractivity (Wildman–Crippen MR) is 62.7 cm³/mol. The number of nitrogens with two attached hydrogens (primary N) is 1. The van der Waals surface area contributed by atoms with Crippen molar-refractivity contribution in [3.63, 3.8) is 0 Å². The molecule has 6 heteroatoms. The van der Waals surface area contributed by atoms with Crippen molar-refractivity contribution in [2.75, 3.05) is 33.4 Å². The van der Waals surface area contributed by atoms with E-state index in [4.69, 9.17) is 10.5 Å². The summed E-state index contributed by atoms with van der Waals surface area (Å²) in [7, 11) is 1.71. The van der Waals surface area contributed by atoms with E-state index in [1.54, 1.807) is 13.3 Å². The Bertz CT molecular complexity index is 391. The number of amides is 1. The SMILES string of the molecule is COCCN1CCC(n2cc(C(N)=O)cn2)C1. The molecule has 0 aromatic carbocycles. The number of methoxy groups -OCH3 is 1. The van der Waals surface area contributed by atoms with Crippen molar-refractivity contribution in [1.29, 1.82) is 0 Å². The zero-order valence-corrected chi connectivity index (χ0v) is 10.0. The van der Waals surface area contributed by atoms with Crippen LogP contribution in [0.2, 0.25) is 0 Å². The number of nitrogens with zero attached hydrogens (tertiary/aromatic N) is 3. The van der Waals surface area contributed by atoms with Gasteiger partial charge in [0.1, 0.15) is 0 Å². The molecule has 94 valence electrons. The molecular formula is C11H18N4O2. The topological polar surface area (TPSA) is 73.4 Å². The lowest BCUT2D eigenvalue weighted by molar-refractivity contribution is 0.1000. The molecule has 1 saturated heterocycles. The normalized spacial score (nSPS) is 20.9. The van der Waals surface area contributed by atoms with Crippen LogP contribution in [0.3, 0.4) is 0 Å². The molecule has 1 aromatic rings. The molecular weight excluding hydrogens is 220 g/mol. The van der Waals surface area contributed by atoms with E-state index in [-0.39, 0.29) is 0 Å². The number of rotatable bonds is 5. The standard InChI is InChI=1S/C11H18N4O2/c1-17-5-4-14-3-2-10(8-14)15-7-9(6-13-15)11(12)16/h6-7,10H,2-5,8H2,1H3,(H2,12,16). The van der Waals surface area contributed by atoms with Crippen molar-refractivity contribution in [2.24, 2.45) is 5.73 Å². The molecule has 0 spiro atoms. The van der Waals surface area contributed by atoms with Gasteiger partial charge in [0.05, 0.1) is 24.4 Å². The van der Waals surface area contributed by atoms with Crippen LogP contribution in [0.1, 0.15) is 22.8 Å². The first-order valence-corrected chi connectivity index (χ1v) is 5.76. The van der Waals surface area contributed by atoms with Gasteiger partial charge in [-0.15, -0.1) is 0 Å². The van der Waals surface area contributed by atoms with Gasteiger partial charge in [-0.05, 0) is 6.42 Å². The molecule has 1 atom stereocenters. The Morgan fingerprint density at radius 1 is 1.71 bits per heavy atom. The van der Waals surface area contributed by atoms with Gasteiger partial charge in [0.25, 0.3) is 5.91 Å². The van der Waals surface area contributed by atoms with E-state index < -0.39 is 5.91 Å². The van der Waals surface area contributed by atoms with Crippen LogP contribution < -0.4 is 5.73 Å². The third-order valence-electron chi connectivity index (χ3n) is 3.12. The number of carbonyl (C=O) groups is 1. The van der Waals surface area contributed by atoms with Crippen molar-refractivity contribution in [3.05, 3.63) is 18.0 Å². The minimum Gasteiger partial charge on any atom is -0.383 e. The summed E-state index contributed by atoms with van der Waals surface area (Å²) in [5.74, 6) is -0.425. The number of primary amides is 1. The minimum absolute atomic E-state index is 0.333. The van der Waals surface area contributed by atoms with Gasteiger partial charge in [-0.2, -0.15) is 5.10 Å². The summed E-state index contributed by atoms with van der Waals surface area (Å²) in [6, 6.07) is 0.333. The quantitative estimate of drug-likeness (QED) is 0.776. The fourth-order valence-corrected chi connectivity index (χ4v) is 2.12. The third kappa shape index (κ3) is 2.83. The molecule has 2 rings (SSSR count). The lowest BCUT2D eigenvalue weighted by atomic mass is 10.3. The molecule has 1 unspecified atom stereocenters. The number of hydrogen-bond acceptors (Lipinski definition) is 4. The number of likely N-dealkylation sites (tertiary alicyclic amines) is 1. The Hall–Kier alpha value is -1.40. The van der Waals surface area contributed by atoms with Crippen molar-refractivity contribution >= 4 is 5.91 Å². The Balaban J connectivity index is 1.93. The first-order valence-electron chi connectivity index (χ1n) is 5.76. The number of aromatic nitrogens is 2. The fraction of sp³-hybridized carbons (Fsp3) is 0.636. The third-order valence-corrected chi connectivity index (χ3v) is 3.12. The molecule has 17 heavy (non-hydrogen) atoms. The molecule has 0 saturated carbocycles. The summed E-state index contributed by atoms with van der Waals surface area (Å²) in [5.41, 5.74) is 5.67. The summed E-state index contributed by atoms with van der Waals surface area (Å²) in [6.07, 6.45) is 4.30. The predicted octanol–water partition coefficient (Wildman–Crippen LogP) is -0.125. The molecule has 2 heterocycles. The summed E-state index contributed by atoms with van der Waals surface area (Å²) >= 11 is 0. The number of carbonyl (C=O) groups excluding carboxylic acids is 1. The molecule has 0 radical (unpaired) electrons. The number of ether oxygens (including phenoxy) is 1. The summed E-state index contributed by atoms with van der Waals surface area (Å²) in [4.78, 5) is 13.3. The van der Waals surface area contributed by atoms with Gasteiger partial charge in [0, 0.05) is 32.9 Å². The molecule has 1 aromatic heterocycles. The summed E-state index contributed by atoms with van der Waals surface area (Å²) in [5, 5.41) is 4.19. The van der Waals surface area contributed by atoms with Crippen molar-refractivity contribution in [1.82, 2.24) is 14.7 Å². The highest BCUT2D eigenvalue weighted by Crippen LogP contribution is 2.20. The van der Waals surface area contributed by atoms with Crippen LogP contribution in [-0.2, 0) is 4.74 Å². The zero-order chi connectivity index (χ0) is 12.3. The highest BCUT2D eigenvalue weighted by molar-refractivity contribution is 5.92. The molecule has 6 nitrogen and oxygen atoms in total. The summed E-state index contributed by atoms with van der Waals surface area (Å²) < 4.78 is 6.90. The van der Waals surface area contributed by atoms with E-state index >= 15 is 0 Å². The molecule has 1 amide bonds. The Morgan fingerprint density at radius 2 is 2.53 bits per heavy atom. The molecule has 1 aliphatic heterocycles. The lowest BCUT2D eigenvalue weighted by Gasteiger charge is -2.15. The monoisotopic (exact) mass is 238 g/mol. The Kier molecular flexibility index (Phi) is 3.75. The van der Waals surface area contributed by atoms with Crippen molar-refractivity contribution < 1.29 is 9.53 Å². The zero-order valence-electron chi connectivity index (χ0n) is 10.0. The molecule has 0 bridgehead atoms. The van der Waals surface area contributed by atoms with Crippen LogP contribution in [0.15, 0.2) is 12.4 Å². The van der Waals surface area contributed by atoms with Gasteiger partial charge in [-0.25, -0.2) is 0 Å². The summed E-state index contributed by atoms with van der Waals surface area (Å²) in [6.45, 7) is 3.68. The van der Waals surface area contributed by atoms with Crippen LogP contribution in [0.4, 0.5) is 0 Å². The second-order valence-electron chi connectivity index (χ2n) is 4.31. The van der Waals surface area contributed by atoms with Crippen LogP contribution >= 0.6 is 0 Å². The maximum absolute atomic E-state index is 11.0. The highest BCUT2D eigenvalue weighted by Gasteiger charge is 2.24. The van der Waals surface area contributed by atoms with E-state index in [9.17, 15) is 4.79 Å². The van der Waals surface area contributed by atoms with Gasteiger partial charge in [0.2, 0.25) is 0 Å².